The third-order valence-electron chi connectivity index (χ3n) is 3.20. The molecule has 0 heterocycles. The largest absolute Gasteiger partial charge is 0.455 e. The highest BCUT2D eigenvalue weighted by Gasteiger charge is 2.32. The Morgan fingerprint density at radius 3 is 2.59 bits per heavy atom. The average molecular weight is 364 g/mol. The van der Waals surface area contributed by atoms with E-state index in [1.807, 2.05) is 0 Å². The van der Waals surface area contributed by atoms with E-state index in [1.54, 1.807) is 30.3 Å². The molecule has 0 fully saturated rings. The second-order valence-electron chi connectivity index (χ2n) is 4.77. The fraction of sp³-hybridized carbons (Fsp3) is 0.312. The molecule has 2 rings (SSSR count). The molecule has 0 saturated carbocycles. The molecule has 1 aromatic rings. The van der Waals surface area contributed by atoms with E-state index < -0.39 is 24.1 Å². The molecule has 0 radical (unpaired) electrons. The van der Waals surface area contributed by atoms with Crippen LogP contribution in [0.5, 0.6) is 0 Å². The minimum absolute atomic E-state index is 0.502. The van der Waals surface area contributed by atoms with Gasteiger partial charge < -0.3 is 9.47 Å². The van der Waals surface area contributed by atoms with Crippen LogP contribution in [0.15, 0.2) is 40.5 Å². The third kappa shape index (κ3) is 3.74. The van der Waals surface area contributed by atoms with Crippen molar-refractivity contribution < 1.29 is 19.1 Å². The maximum atomic E-state index is 12.4. The lowest BCUT2D eigenvalue weighted by Gasteiger charge is -2.19. The number of hydrogen-bond donors (Lipinski definition) is 0. The number of rotatable bonds is 4. The number of halogens is 1. The molecule has 1 aliphatic carbocycles. The Bertz CT molecular complexity index is 648. The van der Waals surface area contributed by atoms with Crippen molar-refractivity contribution in [3.63, 3.8) is 0 Å². The lowest BCUT2D eigenvalue weighted by molar-refractivity contribution is -0.169. The quantitative estimate of drug-likeness (QED) is 0.606. The van der Waals surface area contributed by atoms with Crippen LogP contribution in [-0.2, 0) is 19.1 Å². The van der Waals surface area contributed by atoms with Crippen molar-refractivity contribution in [1.29, 1.82) is 0 Å². The molecule has 0 amide bonds. The summed E-state index contributed by atoms with van der Waals surface area (Å²) in [6.45, 7) is 8.28. The van der Waals surface area contributed by atoms with Gasteiger partial charge in [0.15, 0.2) is 5.70 Å². The van der Waals surface area contributed by atoms with Gasteiger partial charge in [0.2, 0.25) is 6.10 Å². The Hall–Kier alpha value is -2.13. The maximum Gasteiger partial charge on any atom is 0.352 e. The summed E-state index contributed by atoms with van der Waals surface area (Å²) >= 11 is 3.30. The predicted octanol–water partition coefficient (Wildman–Crippen LogP) is 3.52. The molecule has 22 heavy (non-hydrogen) atoms. The average Bonchev–Trinajstić information content (AvgIpc) is 2.86. The van der Waals surface area contributed by atoms with E-state index in [0.717, 1.165) is 0 Å². The molecule has 1 aliphatic rings. The van der Waals surface area contributed by atoms with E-state index in [9.17, 15) is 9.59 Å². The number of carbonyl (C=O) groups excluding carboxylic acids is 2. The van der Waals surface area contributed by atoms with E-state index in [1.165, 1.54) is 6.92 Å². The van der Waals surface area contributed by atoms with Crippen LogP contribution in [0.4, 0.5) is 0 Å². The van der Waals surface area contributed by atoms with Crippen molar-refractivity contribution >= 4 is 27.9 Å². The van der Waals surface area contributed by atoms with E-state index in [2.05, 4.69) is 20.8 Å². The topological polar surface area (TPSA) is 57.0 Å². The van der Waals surface area contributed by atoms with Crippen molar-refractivity contribution in [1.82, 2.24) is 0 Å². The Morgan fingerprint density at radius 2 is 2.05 bits per heavy atom. The van der Waals surface area contributed by atoms with E-state index in [4.69, 9.17) is 16.0 Å². The van der Waals surface area contributed by atoms with Gasteiger partial charge >= 0.3 is 11.9 Å². The molecule has 5 nitrogen and oxygen atoms in total. The van der Waals surface area contributed by atoms with Gasteiger partial charge in [-0.2, -0.15) is 0 Å². The molecule has 2 atom stereocenters. The van der Waals surface area contributed by atoms with Gasteiger partial charge in [-0.25, -0.2) is 9.64 Å². The van der Waals surface area contributed by atoms with Crippen LogP contribution in [0.2, 0.25) is 0 Å². The fourth-order valence-electron chi connectivity index (χ4n) is 2.17. The molecular formula is C16H14BrNO4. The molecule has 114 valence electrons. The molecule has 0 spiro atoms. The number of nitrogens with zero attached hydrogens (tertiary/aromatic N) is 1. The Kier molecular flexibility index (Phi) is 5.34. The van der Waals surface area contributed by atoms with E-state index >= 15 is 0 Å². The number of esters is 2. The molecule has 1 aromatic carbocycles. The Balaban J connectivity index is 2.16. The summed E-state index contributed by atoms with van der Waals surface area (Å²) in [5.41, 5.74) is 1.10. The van der Waals surface area contributed by atoms with Crippen LogP contribution in [-0.4, -0.2) is 18.0 Å². The normalized spacial score (nSPS) is 18.5. The van der Waals surface area contributed by atoms with Crippen molar-refractivity contribution in [2.24, 2.45) is 0 Å². The van der Waals surface area contributed by atoms with Crippen LogP contribution in [0.1, 0.15) is 31.4 Å². The van der Waals surface area contributed by atoms with Crippen molar-refractivity contribution in [3.05, 3.63) is 57.5 Å². The van der Waals surface area contributed by atoms with Gasteiger partial charge in [-0.1, -0.05) is 46.3 Å². The number of benzene rings is 1. The molecule has 0 saturated heterocycles. The number of carbonyl (C=O) groups is 2. The summed E-state index contributed by atoms with van der Waals surface area (Å²) in [7, 11) is 0. The summed E-state index contributed by atoms with van der Waals surface area (Å²) < 4.78 is 11.1. The first-order valence-electron chi connectivity index (χ1n) is 6.71. The van der Waals surface area contributed by atoms with Crippen LogP contribution in [0, 0.1) is 6.57 Å². The summed E-state index contributed by atoms with van der Waals surface area (Å²) in [6, 6.07) is 8.69. The second kappa shape index (κ2) is 7.23. The van der Waals surface area contributed by atoms with Crippen LogP contribution in [0.25, 0.3) is 4.85 Å². The molecule has 0 aliphatic heterocycles. The molecule has 0 N–H and O–H groups in total. The Labute approximate surface area is 136 Å². The Morgan fingerprint density at radius 1 is 1.36 bits per heavy atom. The smallest absolute Gasteiger partial charge is 0.352 e. The van der Waals surface area contributed by atoms with E-state index in [-0.39, 0.29) is 0 Å². The highest BCUT2D eigenvalue weighted by Crippen LogP contribution is 2.35. The summed E-state index contributed by atoms with van der Waals surface area (Å²) in [6.07, 6.45) is -0.494. The first-order valence-corrected chi connectivity index (χ1v) is 7.51. The molecule has 0 aromatic heterocycles. The van der Waals surface area contributed by atoms with Gasteiger partial charge in [0.25, 0.3) is 0 Å². The fourth-order valence-corrected chi connectivity index (χ4v) is 2.78. The van der Waals surface area contributed by atoms with Crippen LogP contribution >= 0.6 is 15.9 Å². The third-order valence-corrected chi connectivity index (χ3v) is 4.16. The number of allylic oxidation sites excluding steroid dienone is 1. The van der Waals surface area contributed by atoms with Gasteiger partial charge in [0, 0.05) is 17.0 Å². The lowest BCUT2D eigenvalue weighted by atomic mass is 10.1. The summed E-state index contributed by atoms with van der Waals surface area (Å²) in [4.78, 5) is 27.0. The highest BCUT2D eigenvalue weighted by atomic mass is 79.9. The zero-order chi connectivity index (χ0) is 16.1. The molecular weight excluding hydrogens is 350 g/mol. The van der Waals surface area contributed by atoms with Gasteiger partial charge in [-0.15, -0.1) is 0 Å². The predicted molar refractivity (Wildman–Crippen MR) is 82.6 cm³/mol. The van der Waals surface area contributed by atoms with Crippen molar-refractivity contribution in [2.75, 3.05) is 0 Å². The van der Waals surface area contributed by atoms with Crippen LogP contribution < -0.4 is 0 Å². The van der Waals surface area contributed by atoms with Gasteiger partial charge in [0.1, 0.15) is 6.10 Å². The molecule has 0 unspecified atom stereocenters. The number of hydrogen-bond acceptors (Lipinski definition) is 4. The van der Waals surface area contributed by atoms with Gasteiger partial charge in [-0.05, 0) is 12.8 Å². The van der Waals surface area contributed by atoms with E-state index in [0.29, 0.717) is 28.6 Å². The zero-order valence-corrected chi connectivity index (χ0v) is 13.5. The highest BCUT2D eigenvalue weighted by molar-refractivity contribution is 9.11. The second-order valence-corrected chi connectivity index (χ2v) is 5.63. The minimum Gasteiger partial charge on any atom is -0.455 e. The first kappa shape index (κ1) is 16.2. The lowest BCUT2D eigenvalue weighted by Crippen LogP contribution is -2.25. The number of ether oxygens (including phenoxy) is 2. The minimum atomic E-state index is -1.10. The SMILES string of the molecule is [C-]#[N+]C1=C(Br)[C@@H](OC(=O)[C@H](OC(C)=O)c2ccccc2)CC1. The molecule has 0 bridgehead atoms. The maximum absolute atomic E-state index is 12.4. The monoisotopic (exact) mass is 363 g/mol. The first-order chi connectivity index (χ1) is 10.5. The van der Waals surface area contributed by atoms with Crippen LogP contribution in [0.3, 0.4) is 0 Å². The summed E-state index contributed by atoms with van der Waals surface area (Å²) in [5, 5.41) is 0. The van der Waals surface area contributed by atoms with Gasteiger partial charge in [0.05, 0.1) is 6.57 Å². The summed E-state index contributed by atoms with van der Waals surface area (Å²) in [5.74, 6) is -1.21. The zero-order valence-electron chi connectivity index (χ0n) is 11.9. The van der Waals surface area contributed by atoms with Gasteiger partial charge in [-0.3, -0.25) is 4.79 Å². The van der Waals surface area contributed by atoms with Crippen molar-refractivity contribution in [3.8, 4) is 0 Å². The standard InChI is InChI=1S/C16H14BrNO4/c1-10(19)21-15(11-6-4-3-5-7-11)16(20)22-13-9-8-12(18-2)14(13)17/h3-7,13,15H,8-9H2,1H3/t13-,15+/m0/s1. The molecule has 6 heteroatoms. The van der Waals surface area contributed by atoms with Crippen molar-refractivity contribution in [2.45, 2.75) is 32.0 Å².